The third-order valence-corrected chi connectivity index (χ3v) is 6.50. The number of anilines is 1. The molecule has 7 heteroatoms. The van der Waals surface area contributed by atoms with E-state index in [4.69, 9.17) is 19.7 Å². The van der Waals surface area contributed by atoms with Crippen molar-refractivity contribution < 1.29 is 14.3 Å². The summed E-state index contributed by atoms with van der Waals surface area (Å²) < 4.78 is 11.1. The molecule has 0 radical (unpaired) electrons. The van der Waals surface area contributed by atoms with Gasteiger partial charge < -0.3 is 14.8 Å². The first-order valence-electron chi connectivity index (χ1n) is 11.0. The van der Waals surface area contributed by atoms with Gasteiger partial charge in [0.15, 0.2) is 18.1 Å². The second-order valence-corrected chi connectivity index (χ2v) is 8.64. The molecule has 6 nitrogen and oxygen atoms in total. The summed E-state index contributed by atoms with van der Waals surface area (Å²) in [5, 5.41) is 12.5. The number of thiophene rings is 1. The zero-order chi connectivity index (χ0) is 23.0. The van der Waals surface area contributed by atoms with E-state index in [2.05, 4.69) is 5.32 Å². The second-order valence-electron chi connectivity index (χ2n) is 7.56. The van der Waals surface area contributed by atoms with Crippen LogP contribution in [0.25, 0.3) is 0 Å². The number of fused-ring (bicyclic) bond motifs is 1. The number of carbonyl (C=O) groups excluding carboxylic acids is 1. The quantitative estimate of drug-likeness (QED) is 0.423. The van der Waals surface area contributed by atoms with Crippen LogP contribution in [0.15, 0.2) is 53.5 Å². The smallest absolute Gasteiger partial charge is 0.259 e. The van der Waals surface area contributed by atoms with Crippen LogP contribution in [0.1, 0.15) is 46.1 Å². The standard InChI is InChI=1S/C26H25N3O3S/c1-2-31-22-16-18(12-13-21(22)32-15-14-27)17-28-26-24(20-10-6-7-11-23(20)33-26)25(30)29-19-8-4-3-5-9-19/h3-5,8-9,12-13,16-17H,2,6-7,10-11,15H2,1H3,(H,29,30). The van der Waals surface area contributed by atoms with Crippen molar-refractivity contribution in [2.75, 3.05) is 18.5 Å². The number of nitrogens with one attached hydrogen (secondary N) is 1. The van der Waals surface area contributed by atoms with Gasteiger partial charge in [-0.15, -0.1) is 11.3 Å². The number of hydrogen-bond acceptors (Lipinski definition) is 6. The third kappa shape index (κ3) is 5.41. The summed E-state index contributed by atoms with van der Waals surface area (Å²) in [4.78, 5) is 19.2. The average molecular weight is 460 g/mol. The van der Waals surface area contributed by atoms with Crippen LogP contribution >= 0.6 is 11.3 Å². The Bertz CT molecular complexity index is 1200. The maximum Gasteiger partial charge on any atom is 0.259 e. The summed E-state index contributed by atoms with van der Waals surface area (Å²) >= 11 is 1.60. The molecule has 0 saturated carbocycles. The average Bonchev–Trinajstić information content (AvgIpc) is 3.21. The fourth-order valence-corrected chi connectivity index (χ4v) is 5.06. The van der Waals surface area contributed by atoms with Crippen LogP contribution in [0.2, 0.25) is 0 Å². The molecule has 3 aromatic rings. The Morgan fingerprint density at radius 1 is 1.15 bits per heavy atom. The molecule has 1 aromatic heterocycles. The maximum absolute atomic E-state index is 13.2. The number of amides is 1. The van der Waals surface area contributed by atoms with Gasteiger partial charge in [0.25, 0.3) is 5.91 Å². The minimum Gasteiger partial charge on any atom is -0.490 e. The molecule has 1 amide bonds. The first-order chi connectivity index (χ1) is 16.2. The molecular weight excluding hydrogens is 434 g/mol. The number of hydrogen-bond donors (Lipinski definition) is 1. The highest BCUT2D eigenvalue weighted by Crippen LogP contribution is 2.40. The predicted octanol–water partition coefficient (Wildman–Crippen LogP) is 5.93. The number of carbonyl (C=O) groups is 1. The van der Waals surface area contributed by atoms with E-state index in [1.165, 1.54) is 4.88 Å². The highest BCUT2D eigenvalue weighted by molar-refractivity contribution is 7.16. The molecule has 0 unspecified atom stereocenters. The van der Waals surface area contributed by atoms with Gasteiger partial charge in [-0.3, -0.25) is 4.79 Å². The van der Waals surface area contributed by atoms with Crippen molar-refractivity contribution in [2.24, 2.45) is 4.99 Å². The van der Waals surface area contributed by atoms with Crippen LogP contribution < -0.4 is 14.8 Å². The topological polar surface area (TPSA) is 83.7 Å². The van der Waals surface area contributed by atoms with E-state index >= 15 is 0 Å². The predicted molar refractivity (Wildman–Crippen MR) is 131 cm³/mol. The summed E-state index contributed by atoms with van der Waals surface area (Å²) in [6.45, 7) is 2.32. The van der Waals surface area contributed by atoms with E-state index in [0.717, 1.165) is 47.5 Å². The molecule has 33 heavy (non-hydrogen) atoms. The summed E-state index contributed by atoms with van der Waals surface area (Å²) in [6.07, 6.45) is 5.85. The van der Waals surface area contributed by atoms with Crippen molar-refractivity contribution >= 4 is 34.1 Å². The third-order valence-electron chi connectivity index (χ3n) is 5.30. The zero-order valence-corrected chi connectivity index (χ0v) is 19.3. The fourth-order valence-electron chi connectivity index (χ4n) is 3.83. The van der Waals surface area contributed by atoms with Crippen molar-refractivity contribution in [3.63, 3.8) is 0 Å². The molecule has 1 N–H and O–H groups in total. The van der Waals surface area contributed by atoms with Crippen LogP contribution in [0, 0.1) is 11.3 Å². The number of rotatable bonds is 8. The molecule has 0 fully saturated rings. The van der Waals surface area contributed by atoms with Gasteiger partial charge >= 0.3 is 0 Å². The molecule has 1 aliphatic rings. The van der Waals surface area contributed by atoms with Crippen molar-refractivity contribution in [2.45, 2.75) is 32.6 Å². The Labute approximate surface area is 197 Å². The lowest BCUT2D eigenvalue weighted by Crippen LogP contribution is -2.14. The van der Waals surface area contributed by atoms with Crippen molar-refractivity contribution in [3.05, 3.63) is 70.1 Å². The molecule has 1 heterocycles. The van der Waals surface area contributed by atoms with Gasteiger partial charge in [0, 0.05) is 16.8 Å². The largest absolute Gasteiger partial charge is 0.490 e. The van der Waals surface area contributed by atoms with E-state index in [0.29, 0.717) is 23.7 Å². The molecule has 0 saturated heterocycles. The highest BCUT2D eigenvalue weighted by Gasteiger charge is 2.25. The highest BCUT2D eigenvalue weighted by atomic mass is 32.1. The van der Waals surface area contributed by atoms with Gasteiger partial charge in [0.05, 0.1) is 12.2 Å². The van der Waals surface area contributed by atoms with E-state index < -0.39 is 0 Å². The number of aliphatic imine (C=N–C) groups is 1. The van der Waals surface area contributed by atoms with Gasteiger partial charge in [-0.1, -0.05) is 18.2 Å². The van der Waals surface area contributed by atoms with Crippen molar-refractivity contribution in [3.8, 4) is 17.6 Å². The maximum atomic E-state index is 13.2. The zero-order valence-electron chi connectivity index (χ0n) is 18.5. The van der Waals surface area contributed by atoms with E-state index in [9.17, 15) is 4.79 Å². The van der Waals surface area contributed by atoms with Crippen LogP contribution in [0.3, 0.4) is 0 Å². The molecule has 1 aliphatic carbocycles. The van der Waals surface area contributed by atoms with E-state index in [-0.39, 0.29) is 12.5 Å². The van der Waals surface area contributed by atoms with Gasteiger partial charge in [-0.2, -0.15) is 5.26 Å². The minimum absolute atomic E-state index is 0.0475. The first kappa shape index (κ1) is 22.6. The van der Waals surface area contributed by atoms with Gasteiger partial charge in [-0.05, 0) is 74.1 Å². The van der Waals surface area contributed by atoms with Crippen LogP contribution in [0.4, 0.5) is 10.7 Å². The molecule has 0 atom stereocenters. The van der Waals surface area contributed by atoms with E-state index in [1.54, 1.807) is 23.6 Å². The molecule has 0 bridgehead atoms. The number of ether oxygens (including phenoxy) is 2. The summed E-state index contributed by atoms with van der Waals surface area (Å²) in [5.74, 6) is 0.956. The Kier molecular flexibility index (Phi) is 7.38. The van der Waals surface area contributed by atoms with Gasteiger partial charge in [-0.25, -0.2) is 4.99 Å². The number of para-hydroxylation sites is 1. The van der Waals surface area contributed by atoms with Crippen LogP contribution in [-0.2, 0) is 12.8 Å². The summed E-state index contributed by atoms with van der Waals surface area (Å²) in [6, 6.07) is 16.9. The second kappa shape index (κ2) is 10.8. The lowest BCUT2D eigenvalue weighted by Gasteiger charge is -2.12. The Balaban J connectivity index is 1.64. The molecular formula is C26H25N3O3S. The van der Waals surface area contributed by atoms with Gasteiger partial charge in [0.1, 0.15) is 11.1 Å². The summed E-state index contributed by atoms with van der Waals surface area (Å²) in [5.41, 5.74) is 3.39. The lowest BCUT2D eigenvalue weighted by molar-refractivity contribution is 0.102. The normalized spacial score (nSPS) is 12.7. The fraction of sp³-hybridized carbons (Fsp3) is 0.269. The van der Waals surface area contributed by atoms with Crippen molar-refractivity contribution in [1.29, 1.82) is 5.26 Å². The Morgan fingerprint density at radius 2 is 1.97 bits per heavy atom. The van der Waals surface area contributed by atoms with Crippen LogP contribution in [-0.4, -0.2) is 25.3 Å². The van der Waals surface area contributed by atoms with Gasteiger partial charge in [0.2, 0.25) is 0 Å². The molecule has 2 aromatic carbocycles. The van der Waals surface area contributed by atoms with Crippen molar-refractivity contribution in [1.82, 2.24) is 0 Å². The minimum atomic E-state index is -0.122. The van der Waals surface area contributed by atoms with Crippen LogP contribution in [0.5, 0.6) is 11.5 Å². The molecule has 4 rings (SSSR count). The molecule has 168 valence electrons. The number of nitrogens with zero attached hydrogens (tertiary/aromatic N) is 2. The Hall–Kier alpha value is -3.63. The van der Waals surface area contributed by atoms with E-state index in [1.807, 2.05) is 55.5 Å². The SMILES string of the molecule is CCOc1cc(C=Nc2sc3c(c2C(=O)Nc2ccccc2)CCCC3)ccc1OCC#N. The summed E-state index contributed by atoms with van der Waals surface area (Å²) in [7, 11) is 0. The Morgan fingerprint density at radius 3 is 2.76 bits per heavy atom. The number of nitriles is 1. The monoisotopic (exact) mass is 459 g/mol. The number of benzene rings is 2. The number of aryl methyl sites for hydroxylation is 1. The first-order valence-corrected chi connectivity index (χ1v) is 11.8. The molecule has 0 aliphatic heterocycles. The molecule has 0 spiro atoms. The lowest BCUT2D eigenvalue weighted by atomic mass is 9.95.